The summed E-state index contributed by atoms with van der Waals surface area (Å²) >= 11 is 0. The minimum absolute atomic E-state index is 0.0804. The van der Waals surface area contributed by atoms with Crippen LogP contribution in [-0.4, -0.2) is 19.8 Å². The van der Waals surface area contributed by atoms with Crippen molar-refractivity contribution in [3.05, 3.63) is 34.9 Å². The van der Waals surface area contributed by atoms with Gasteiger partial charge in [-0.15, -0.1) is 0 Å². The van der Waals surface area contributed by atoms with Crippen molar-refractivity contribution in [1.29, 1.82) is 0 Å². The zero-order valence-electron chi connectivity index (χ0n) is 12.8. The number of rotatable bonds is 8. The maximum absolute atomic E-state index is 14.2. The molecule has 0 saturated heterocycles. The summed E-state index contributed by atoms with van der Waals surface area (Å²) in [6.07, 6.45) is 2.40. The van der Waals surface area contributed by atoms with E-state index in [1.165, 1.54) is 12.1 Å². The summed E-state index contributed by atoms with van der Waals surface area (Å²) in [5.74, 6) is -0.921. The third kappa shape index (κ3) is 4.53. The third-order valence-corrected chi connectivity index (χ3v) is 3.57. The predicted octanol–water partition coefficient (Wildman–Crippen LogP) is 4.13. The van der Waals surface area contributed by atoms with E-state index >= 15 is 0 Å². The van der Waals surface area contributed by atoms with Crippen molar-refractivity contribution in [1.82, 2.24) is 5.32 Å². The van der Waals surface area contributed by atoms with E-state index in [9.17, 15) is 8.78 Å². The van der Waals surface area contributed by atoms with Crippen LogP contribution in [0.4, 0.5) is 8.78 Å². The van der Waals surface area contributed by atoms with E-state index < -0.39 is 11.6 Å². The molecule has 2 nitrogen and oxygen atoms in total. The molecular weight excluding hydrogens is 260 g/mol. The van der Waals surface area contributed by atoms with Gasteiger partial charge in [0, 0.05) is 18.7 Å². The Morgan fingerprint density at radius 1 is 1.25 bits per heavy atom. The van der Waals surface area contributed by atoms with E-state index in [1.807, 2.05) is 13.8 Å². The first-order valence-corrected chi connectivity index (χ1v) is 7.21. The highest BCUT2D eigenvalue weighted by Gasteiger charge is 2.21. The van der Waals surface area contributed by atoms with E-state index in [-0.39, 0.29) is 17.7 Å². The van der Waals surface area contributed by atoms with E-state index in [1.54, 1.807) is 14.0 Å². The van der Waals surface area contributed by atoms with Gasteiger partial charge in [-0.25, -0.2) is 8.78 Å². The van der Waals surface area contributed by atoms with Gasteiger partial charge in [0.2, 0.25) is 0 Å². The summed E-state index contributed by atoms with van der Waals surface area (Å²) in [7, 11) is 1.65. The molecule has 2 unspecified atom stereocenters. The Balaban J connectivity index is 2.95. The van der Waals surface area contributed by atoms with Gasteiger partial charge in [0.25, 0.3) is 0 Å². The van der Waals surface area contributed by atoms with E-state index in [2.05, 4.69) is 5.32 Å². The van der Waals surface area contributed by atoms with E-state index in [4.69, 9.17) is 4.74 Å². The van der Waals surface area contributed by atoms with Gasteiger partial charge in [-0.3, -0.25) is 0 Å². The molecule has 1 rings (SSSR count). The number of benzene rings is 1. The fourth-order valence-corrected chi connectivity index (χ4v) is 2.18. The third-order valence-electron chi connectivity index (χ3n) is 3.57. The molecule has 0 spiro atoms. The average molecular weight is 285 g/mol. The van der Waals surface area contributed by atoms with Crippen molar-refractivity contribution in [2.24, 2.45) is 0 Å². The molecule has 0 aliphatic rings. The smallest absolute Gasteiger partial charge is 0.133 e. The van der Waals surface area contributed by atoms with Gasteiger partial charge in [-0.1, -0.05) is 13.0 Å². The SMILES string of the molecule is CCCNC(CCC(C)OC)c1c(F)ccc(C)c1F. The largest absolute Gasteiger partial charge is 0.382 e. The van der Waals surface area contributed by atoms with Crippen LogP contribution in [0.15, 0.2) is 12.1 Å². The molecule has 0 aliphatic heterocycles. The molecule has 4 heteroatoms. The Hall–Kier alpha value is -1.00. The van der Waals surface area contributed by atoms with Crippen molar-refractivity contribution in [3.63, 3.8) is 0 Å². The zero-order valence-corrected chi connectivity index (χ0v) is 12.8. The van der Waals surface area contributed by atoms with Gasteiger partial charge in [0.15, 0.2) is 0 Å². The van der Waals surface area contributed by atoms with E-state index in [0.717, 1.165) is 19.4 Å². The number of hydrogen-bond donors (Lipinski definition) is 1. The van der Waals surface area contributed by atoms with Crippen LogP contribution >= 0.6 is 0 Å². The molecule has 1 N–H and O–H groups in total. The Morgan fingerprint density at radius 3 is 2.55 bits per heavy atom. The van der Waals surface area contributed by atoms with Crippen molar-refractivity contribution >= 4 is 0 Å². The lowest BCUT2D eigenvalue weighted by Gasteiger charge is -2.22. The van der Waals surface area contributed by atoms with Crippen LogP contribution in [0.3, 0.4) is 0 Å². The van der Waals surface area contributed by atoms with Crippen molar-refractivity contribution in [3.8, 4) is 0 Å². The molecule has 0 fully saturated rings. The first-order valence-electron chi connectivity index (χ1n) is 7.21. The Morgan fingerprint density at radius 2 is 1.95 bits per heavy atom. The van der Waals surface area contributed by atoms with Gasteiger partial charge in [0.05, 0.1) is 6.10 Å². The van der Waals surface area contributed by atoms with Crippen molar-refractivity contribution in [2.75, 3.05) is 13.7 Å². The second-order valence-electron chi connectivity index (χ2n) is 5.22. The molecule has 2 atom stereocenters. The molecule has 114 valence electrons. The molecule has 1 aromatic carbocycles. The molecule has 1 aromatic rings. The lowest BCUT2D eigenvalue weighted by atomic mass is 9.97. The lowest BCUT2D eigenvalue weighted by molar-refractivity contribution is 0.105. The number of methoxy groups -OCH3 is 1. The molecule has 0 amide bonds. The van der Waals surface area contributed by atoms with Crippen LogP contribution in [0.2, 0.25) is 0 Å². The predicted molar refractivity (Wildman–Crippen MR) is 77.8 cm³/mol. The van der Waals surface area contributed by atoms with Gasteiger partial charge < -0.3 is 10.1 Å². The fourth-order valence-electron chi connectivity index (χ4n) is 2.18. The average Bonchev–Trinajstić information content (AvgIpc) is 2.44. The minimum Gasteiger partial charge on any atom is -0.382 e. The second kappa shape index (κ2) is 8.32. The maximum Gasteiger partial charge on any atom is 0.133 e. The monoisotopic (exact) mass is 285 g/mol. The van der Waals surface area contributed by atoms with Gasteiger partial charge in [-0.2, -0.15) is 0 Å². The fraction of sp³-hybridized carbons (Fsp3) is 0.625. The summed E-state index contributed by atoms with van der Waals surface area (Å²) < 4.78 is 33.4. The maximum atomic E-state index is 14.2. The van der Waals surface area contributed by atoms with Gasteiger partial charge >= 0.3 is 0 Å². The number of hydrogen-bond acceptors (Lipinski definition) is 2. The van der Waals surface area contributed by atoms with Crippen LogP contribution in [-0.2, 0) is 4.74 Å². The van der Waals surface area contributed by atoms with Crippen LogP contribution < -0.4 is 5.32 Å². The Bertz CT molecular complexity index is 423. The Labute approximate surface area is 120 Å². The number of aryl methyl sites for hydroxylation is 1. The highest BCUT2D eigenvalue weighted by Crippen LogP contribution is 2.27. The summed E-state index contributed by atoms with van der Waals surface area (Å²) in [6, 6.07) is 2.50. The lowest BCUT2D eigenvalue weighted by Crippen LogP contribution is -2.25. The number of ether oxygens (including phenoxy) is 1. The first kappa shape index (κ1) is 17.1. The normalized spacial score (nSPS) is 14.3. The van der Waals surface area contributed by atoms with Gasteiger partial charge in [0.1, 0.15) is 11.6 Å². The number of nitrogens with one attached hydrogen (secondary N) is 1. The highest BCUT2D eigenvalue weighted by molar-refractivity contribution is 5.29. The summed E-state index contributed by atoms with van der Waals surface area (Å²) in [5.41, 5.74) is 0.631. The molecule has 0 heterocycles. The Kier molecular flexibility index (Phi) is 7.10. The quantitative estimate of drug-likeness (QED) is 0.775. The highest BCUT2D eigenvalue weighted by atomic mass is 19.1. The molecule has 20 heavy (non-hydrogen) atoms. The van der Waals surface area contributed by atoms with Crippen LogP contribution in [0, 0.1) is 18.6 Å². The summed E-state index contributed by atoms with van der Waals surface area (Å²) in [4.78, 5) is 0. The minimum atomic E-state index is -0.480. The molecule has 0 aromatic heterocycles. The molecule has 0 radical (unpaired) electrons. The molecule has 0 saturated carbocycles. The molecular formula is C16H25F2NO. The second-order valence-corrected chi connectivity index (χ2v) is 5.22. The molecule has 0 bridgehead atoms. The molecule has 0 aliphatic carbocycles. The van der Waals surface area contributed by atoms with Gasteiger partial charge in [-0.05, 0) is 51.3 Å². The van der Waals surface area contributed by atoms with Crippen LogP contribution in [0.1, 0.15) is 50.3 Å². The topological polar surface area (TPSA) is 21.3 Å². The van der Waals surface area contributed by atoms with Crippen molar-refractivity contribution in [2.45, 2.75) is 52.2 Å². The van der Waals surface area contributed by atoms with Crippen LogP contribution in [0.25, 0.3) is 0 Å². The van der Waals surface area contributed by atoms with Crippen LogP contribution in [0.5, 0.6) is 0 Å². The van der Waals surface area contributed by atoms with E-state index in [0.29, 0.717) is 12.0 Å². The van der Waals surface area contributed by atoms with Crippen molar-refractivity contribution < 1.29 is 13.5 Å². The zero-order chi connectivity index (χ0) is 15.1. The standard InChI is InChI=1S/C16H25F2NO/c1-5-10-19-14(9-7-12(3)20-4)15-13(17)8-6-11(2)16(15)18/h6,8,12,14,19H,5,7,9-10H2,1-4H3. The number of halogens is 2. The summed E-state index contributed by atoms with van der Waals surface area (Å²) in [6.45, 7) is 6.39. The summed E-state index contributed by atoms with van der Waals surface area (Å²) in [5, 5.41) is 3.24. The first-order chi connectivity index (χ1) is 9.51.